The minimum atomic E-state index is -4.21. The molecule has 164 valence electrons. The van der Waals surface area contributed by atoms with Gasteiger partial charge in [-0.05, 0) is 30.5 Å². The summed E-state index contributed by atoms with van der Waals surface area (Å²) in [5.41, 5.74) is -1.13. The number of aliphatic hydroxyl groups is 2. The molecule has 0 atom stereocenters. The van der Waals surface area contributed by atoms with Crippen LogP contribution in [0.5, 0.6) is 0 Å². The summed E-state index contributed by atoms with van der Waals surface area (Å²) in [4.78, 5) is -0.576. The molecule has 6 nitrogen and oxygen atoms in total. The number of rotatable bonds is 6. The number of nitrogens with zero attached hydrogens (tertiary/aromatic N) is 1. The second kappa shape index (κ2) is 8.50. The molecular weight excluding hydrogens is 428 g/mol. The lowest BCUT2D eigenvalue weighted by Gasteiger charge is -2.36. The molecule has 11 heteroatoms. The summed E-state index contributed by atoms with van der Waals surface area (Å²) in [6, 6.07) is 4.86. The molecule has 1 fully saturated rings. The van der Waals surface area contributed by atoms with Crippen molar-refractivity contribution in [3.8, 4) is 0 Å². The average molecular weight is 448 g/mol. The minimum absolute atomic E-state index is 0.00723. The molecule has 0 amide bonds. The summed E-state index contributed by atoms with van der Waals surface area (Å²) >= 11 is 0. The molecule has 0 saturated carbocycles. The first-order valence-corrected chi connectivity index (χ1v) is 10.5. The van der Waals surface area contributed by atoms with Gasteiger partial charge in [-0.15, -0.1) is 0 Å². The normalized spacial score (nSPS) is 17.1. The third-order valence-corrected chi connectivity index (χ3v) is 6.95. The Balaban J connectivity index is 1.78. The molecule has 2 aromatic rings. The van der Waals surface area contributed by atoms with Crippen LogP contribution in [-0.4, -0.2) is 48.2 Å². The van der Waals surface area contributed by atoms with E-state index in [1.165, 1.54) is 6.07 Å². The van der Waals surface area contributed by atoms with Crippen LogP contribution < -0.4 is 5.32 Å². The minimum Gasteiger partial charge on any atom is -0.393 e. The molecule has 0 radical (unpaired) electrons. The van der Waals surface area contributed by atoms with Gasteiger partial charge in [0.05, 0.1) is 12.2 Å². The van der Waals surface area contributed by atoms with Gasteiger partial charge in [0.2, 0.25) is 10.0 Å². The molecule has 3 rings (SSSR count). The topological polar surface area (TPSA) is 89.9 Å². The highest BCUT2D eigenvalue weighted by molar-refractivity contribution is 7.89. The van der Waals surface area contributed by atoms with Gasteiger partial charge in [-0.3, -0.25) is 0 Å². The van der Waals surface area contributed by atoms with Gasteiger partial charge in [-0.25, -0.2) is 26.0 Å². The van der Waals surface area contributed by atoms with Gasteiger partial charge in [0, 0.05) is 37.5 Å². The zero-order chi connectivity index (χ0) is 22.1. The summed E-state index contributed by atoms with van der Waals surface area (Å²) in [6.07, 6.45) is 0.0145. The van der Waals surface area contributed by atoms with E-state index in [-0.39, 0.29) is 38.2 Å². The Bertz CT molecular complexity index is 1020. The first-order valence-electron chi connectivity index (χ1n) is 9.06. The van der Waals surface area contributed by atoms with Gasteiger partial charge in [0.1, 0.15) is 10.7 Å². The molecule has 0 aliphatic carbocycles. The third kappa shape index (κ3) is 4.59. The lowest BCUT2D eigenvalue weighted by Crippen LogP contribution is -2.48. The quantitative estimate of drug-likeness (QED) is 0.466. The van der Waals surface area contributed by atoms with Crippen LogP contribution in [0.3, 0.4) is 0 Å². The predicted molar refractivity (Wildman–Crippen MR) is 100 cm³/mol. The summed E-state index contributed by atoms with van der Waals surface area (Å²) in [7, 11) is -4.21. The SMILES string of the molecule is O=S(=O)(c1cc(CNc2cc(F)c(F)c(F)c2)ccc1F)N1CCC(O)(CO)CC1. The van der Waals surface area contributed by atoms with Crippen molar-refractivity contribution in [2.75, 3.05) is 25.0 Å². The fourth-order valence-electron chi connectivity index (χ4n) is 3.16. The van der Waals surface area contributed by atoms with Crippen molar-refractivity contribution in [2.45, 2.75) is 29.9 Å². The second-order valence-electron chi connectivity index (χ2n) is 7.16. The Kier molecular flexibility index (Phi) is 6.37. The van der Waals surface area contributed by atoms with Crippen LogP contribution in [0.2, 0.25) is 0 Å². The van der Waals surface area contributed by atoms with E-state index >= 15 is 0 Å². The van der Waals surface area contributed by atoms with Crippen molar-refractivity contribution in [3.05, 3.63) is 59.2 Å². The van der Waals surface area contributed by atoms with Crippen molar-refractivity contribution in [2.24, 2.45) is 0 Å². The number of halogens is 4. The highest BCUT2D eigenvalue weighted by atomic mass is 32.2. The van der Waals surface area contributed by atoms with E-state index < -0.39 is 50.4 Å². The number of benzene rings is 2. The monoisotopic (exact) mass is 448 g/mol. The standard InChI is InChI=1S/C19H20F4N2O4S/c20-14-2-1-12(10-24-13-8-15(21)18(23)16(22)9-13)7-17(14)30(28,29)25-5-3-19(27,11-26)4-6-25/h1-2,7-9,24,26-27H,3-6,10-11H2. The Morgan fingerprint density at radius 2 is 1.60 bits per heavy atom. The largest absolute Gasteiger partial charge is 0.393 e. The predicted octanol–water partition coefficient (Wildman–Crippen LogP) is 2.36. The number of aliphatic hydroxyl groups excluding tert-OH is 1. The number of sulfonamides is 1. The smallest absolute Gasteiger partial charge is 0.245 e. The summed E-state index contributed by atoms with van der Waals surface area (Å²) in [5.74, 6) is -5.34. The van der Waals surface area contributed by atoms with E-state index in [4.69, 9.17) is 0 Å². The molecule has 1 aliphatic heterocycles. The molecule has 2 aromatic carbocycles. The molecule has 1 saturated heterocycles. The van der Waals surface area contributed by atoms with Gasteiger partial charge in [0.15, 0.2) is 17.5 Å². The summed E-state index contributed by atoms with van der Waals surface area (Å²) < 4.78 is 80.6. The maximum atomic E-state index is 14.3. The van der Waals surface area contributed by atoms with Crippen LogP contribution in [0.15, 0.2) is 35.2 Å². The van der Waals surface area contributed by atoms with E-state index in [0.29, 0.717) is 5.56 Å². The Morgan fingerprint density at radius 1 is 1.00 bits per heavy atom. The maximum Gasteiger partial charge on any atom is 0.245 e. The van der Waals surface area contributed by atoms with E-state index in [2.05, 4.69) is 5.32 Å². The molecule has 0 unspecified atom stereocenters. The van der Waals surface area contributed by atoms with Crippen molar-refractivity contribution in [3.63, 3.8) is 0 Å². The summed E-state index contributed by atoms with van der Waals surface area (Å²) in [6.45, 7) is -0.774. The highest BCUT2D eigenvalue weighted by Crippen LogP contribution is 2.28. The molecule has 3 N–H and O–H groups in total. The van der Waals surface area contributed by atoms with Crippen LogP contribution in [-0.2, 0) is 16.6 Å². The maximum absolute atomic E-state index is 14.3. The first-order chi connectivity index (χ1) is 14.1. The van der Waals surface area contributed by atoms with E-state index in [9.17, 15) is 36.2 Å². The number of piperidine rings is 1. The third-order valence-electron chi connectivity index (χ3n) is 5.04. The molecule has 1 heterocycles. The molecule has 0 aromatic heterocycles. The van der Waals surface area contributed by atoms with Crippen LogP contribution in [0.25, 0.3) is 0 Å². The molecule has 1 aliphatic rings. The fraction of sp³-hybridized carbons (Fsp3) is 0.368. The lowest BCUT2D eigenvalue weighted by atomic mass is 9.94. The van der Waals surface area contributed by atoms with Crippen LogP contribution in [0.4, 0.5) is 23.2 Å². The van der Waals surface area contributed by atoms with Crippen molar-refractivity contribution in [1.82, 2.24) is 4.31 Å². The summed E-state index contributed by atoms with van der Waals surface area (Å²) in [5, 5.41) is 21.9. The zero-order valence-electron chi connectivity index (χ0n) is 15.7. The van der Waals surface area contributed by atoms with Gasteiger partial charge >= 0.3 is 0 Å². The van der Waals surface area contributed by atoms with Gasteiger partial charge in [0.25, 0.3) is 0 Å². The highest BCUT2D eigenvalue weighted by Gasteiger charge is 2.37. The average Bonchev–Trinajstić information content (AvgIpc) is 2.71. The molecule has 0 spiro atoms. The van der Waals surface area contributed by atoms with Gasteiger partial charge < -0.3 is 15.5 Å². The lowest BCUT2D eigenvalue weighted by molar-refractivity contribution is -0.0480. The Hall–Kier alpha value is -2.21. The van der Waals surface area contributed by atoms with Crippen molar-refractivity contribution < 1.29 is 36.2 Å². The van der Waals surface area contributed by atoms with Crippen LogP contribution >= 0.6 is 0 Å². The van der Waals surface area contributed by atoms with Gasteiger partial charge in [-0.1, -0.05) is 6.07 Å². The number of nitrogens with one attached hydrogen (secondary N) is 1. The van der Waals surface area contributed by atoms with E-state index in [1.807, 2.05) is 0 Å². The molecular formula is C19H20F4N2O4S. The zero-order valence-corrected chi connectivity index (χ0v) is 16.5. The fourth-order valence-corrected chi connectivity index (χ4v) is 4.71. The molecule has 30 heavy (non-hydrogen) atoms. The number of hydrogen-bond donors (Lipinski definition) is 3. The first kappa shape index (κ1) is 22.5. The Morgan fingerprint density at radius 3 is 2.17 bits per heavy atom. The van der Waals surface area contributed by atoms with Crippen molar-refractivity contribution in [1.29, 1.82) is 0 Å². The van der Waals surface area contributed by atoms with Gasteiger partial charge in [-0.2, -0.15) is 4.31 Å². The second-order valence-corrected chi connectivity index (χ2v) is 9.07. The Labute approximate surface area is 170 Å². The van der Waals surface area contributed by atoms with Crippen LogP contribution in [0.1, 0.15) is 18.4 Å². The van der Waals surface area contributed by atoms with E-state index in [0.717, 1.165) is 28.6 Å². The molecule has 0 bridgehead atoms. The van der Waals surface area contributed by atoms with Crippen LogP contribution in [0, 0.1) is 23.3 Å². The van der Waals surface area contributed by atoms with Crippen molar-refractivity contribution >= 4 is 15.7 Å². The number of anilines is 1. The van der Waals surface area contributed by atoms with E-state index in [1.54, 1.807) is 0 Å². The number of hydrogen-bond acceptors (Lipinski definition) is 5.